The highest BCUT2D eigenvalue weighted by Crippen LogP contribution is 2.37. The lowest BCUT2D eigenvalue weighted by Gasteiger charge is -2.29. The molecule has 0 heterocycles. The Morgan fingerprint density at radius 1 is 0.594 bits per heavy atom. The Hall–Kier alpha value is -1.92. The van der Waals surface area contributed by atoms with E-state index < -0.39 is 0 Å². The number of rotatable bonds is 14. The van der Waals surface area contributed by atoms with Crippen LogP contribution in [-0.2, 0) is 50.8 Å². The maximum Gasteiger partial charge on any atom is 0.126 e. The molecule has 5 nitrogen and oxygen atoms in total. The van der Waals surface area contributed by atoms with Crippen molar-refractivity contribution in [1.29, 1.82) is 0 Å². The molecule has 0 saturated heterocycles. The van der Waals surface area contributed by atoms with E-state index in [4.69, 9.17) is 18.9 Å². The minimum Gasteiger partial charge on any atom is -0.507 e. The zero-order chi connectivity index (χ0) is 23.6. The average molecular weight is 445 g/mol. The lowest BCUT2D eigenvalue weighted by atomic mass is 9.76. The van der Waals surface area contributed by atoms with E-state index in [2.05, 4.69) is 44.2 Å². The van der Waals surface area contributed by atoms with Crippen LogP contribution in [0.3, 0.4) is 0 Å². The average Bonchev–Trinajstić information content (AvgIpc) is 2.79. The van der Waals surface area contributed by atoms with Gasteiger partial charge >= 0.3 is 0 Å². The van der Waals surface area contributed by atoms with Crippen molar-refractivity contribution >= 4 is 0 Å². The Morgan fingerprint density at radius 2 is 0.969 bits per heavy atom. The molecule has 0 radical (unpaired) electrons. The Labute approximate surface area is 193 Å². The predicted molar refractivity (Wildman–Crippen MR) is 128 cm³/mol. The summed E-state index contributed by atoms with van der Waals surface area (Å²) in [5.74, 6) is 0.258. The number of hydrogen-bond acceptors (Lipinski definition) is 5. The van der Waals surface area contributed by atoms with Gasteiger partial charge in [-0.3, -0.25) is 0 Å². The Kier molecular flexibility index (Phi) is 10.7. The normalized spacial score (nSPS) is 11.8. The van der Waals surface area contributed by atoms with Crippen LogP contribution in [0.15, 0.2) is 30.3 Å². The second-order valence-corrected chi connectivity index (χ2v) is 8.35. The van der Waals surface area contributed by atoms with E-state index in [9.17, 15) is 5.11 Å². The first-order chi connectivity index (χ1) is 15.4. The minimum absolute atomic E-state index is 0.258. The third kappa shape index (κ3) is 7.04. The summed E-state index contributed by atoms with van der Waals surface area (Å²) in [4.78, 5) is 0. The van der Waals surface area contributed by atoms with Crippen molar-refractivity contribution in [2.75, 3.05) is 26.4 Å². The summed E-state index contributed by atoms with van der Waals surface area (Å²) in [5.41, 5.74) is 5.82. The molecule has 0 saturated carbocycles. The van der Waals surface area contributed by atoms with E-state index in [1.165, 1.54) is 5.56 Å². The number of phenolic OH excluding ortho intramolecular Hbond substituents is 1. The molecule has 2 rings (SSSR count). The lowest BCUT2D eigenvalue weighted by Crippen LogP contribution is -2.21. The van der Waals surface area contributed by atoms with Crippen molar-refractivity contribution < 1.29 is 24.1 Å². The van der Waals surface area contributed by atoms with Crippen molar-refractivity contribution in [3.63, 3.8) is 0 Å². The van der Waals surface area contributed by atoms with Crippen molar-refractivity contribution in [2.45, 2.75) is 73.4 Å². The summed E-state index contributed by atoms with van der Waals surface area (Å²) >= 11 is 0. The molecule has 0 aliphatic heterocycles. The first kappa shape index (κ1) is 26.3. The van der Waals surface area contributed by atoms with Gasteiger partial charge in [0.2, 0.25) is 0 Å². The lowest BCUT2D eigenvalue weighted by molar-refractivity contribution is 0.126. The molecule has 0 aliphatic rings. The molecule has 2 aromatic carbocycles. The zero-order valence-corrected chi connectivity index (χ0v) is 20.6. The maximum atomic E-state index is 10.8. The first-order valence-electron chi connectivity index (χ1n) is 11.7. The Balaban J connectivity index is 2.53. The molecule has 2 aromatic rings. The summed E-state index contributed by atoms with van der Waals surface area (Å²) in [7, 11) is 0. The smallest absolute Gasteiger partial charge is 0.126 e. The highest BCUT2D eigenvalue weighted by atomic mass is 16.5. The van der Waals surface area contributed by atoms with Crippen LogP contribution in [0.4, 0.5) is 0 Å². The number of aromatic hydroxyl groups is 1. The highest BCUT2D eigenvalue weighted by molar-refractivity contribution is 5.49. The minimum atomic E-state index is -0.307. The van der Waals surface area contributed by atoms with Crippen LogP contribution in [0.1, 0.15) is 74.9 Å². The molecule has 0 fully saturated rings. The van der Waals surface area contributed by atoms with E-state index in [-0.39, 0.29) is 11.2 Å². The molecule has 5 heteroatoms. The van der Waals surface area contributed by atoms with Crippen molar-refractivity contribution in [2.24, 2.45) is 0 Å². The van der Waals surface area contributed by atoms with Crippen LogP contribution in [0.5, 0.6) is 5.75 Å². The fraction of sp³-hybridized carbons (Fsp3) is 0.556. The zero-order valence-electron chi connectivity index (χ0n) is 20.6. The molecule has 32 heavy (non-hydrogen) atoms. The van der Waals surface area contributed by atoms with E-state index in [1.807, 2.05) is 27.7 Å². The molecule has 0 atom stereocenters. The van der Waals surface area contributed by atoms with Gasteiger partial charge in [0.15, 0.2) is 0 Å². The van der Waals surface area contributed by atoms with E-state index in [0.717, 1.165) is 27.8 Å². The number of phenols is 1. The van der Waals surface area contributed by atoms with Gasteiger partial charge in [-0.15, -0.1) is 0 Å². The third-order valence-electron chi connectivity index (χ3n) is 5.63. The molecule has 1 N–H and O–H groups in total. The SMILES string of the molecule is CCOCc1cc(COCC)cc(C(C)(C)c2cc(COCC)c(O)c(COCC)c2)c1. The van der Waals surface area contributed by atoms with Crippen LogP contribution in [0.2, 0.25) is 0 Å². The summed E-state index contributed by atoms with van der Waals surface area (Å²) in [6.07, 6.45) is 0. The molecule has 0 unspecified atom stereocenters. The van der Waals surface area contributed by atoms with Gasteiger partial charge in [-0.1, -0.05) is 32.0 Å². The van der Waals surface area contributed by atoms with Gasteiger partial charge in [0.1, 0.15) is 5.75 Å². The van der Waals surface area contributed by atoms with Gasteiger partial charge < -0.3 is 24.1 Å². The molecule has 0 aliphatic carbocycles. The van der Waals surface area contributed by atoms with Crippen LogP contribution >= 0.6 is 0 Å². The van der Waals surface area contributed by atoms with Crippen molar-refractivity contribution in [1.82, 2.24) is 0 Å². The van der Waals surface area contributed by atoms with Crippen LogP contribution in [0, 0.1) is 0 Å². The maximum absolute atomic E-state index is 10.8. The Bertz CT molecular complexity index is 789. The van der Waals surface area contributed by atoms with Gasteiger partial charge in [0.25, 0.3) is 0 Å². The first-order valence-corrected chi connectivity index (χ1v) is 11.7. The third-order valence-corrected chi connectivity index (χ3v) is 5.63. The standard InChI is InChI=1S/C27H40O5/c1-7-29-16-20-11-21(17-30-8-2)13-24(12-20)27(5,6)25-14-22(18-31-9-3)26(28)23(15-25)19-32-10-4/h11-15,28H,7-10,16-19H2,1-6H3. The van der Waals surface area contributed by atoms with E-state index in [0.29, 0.717) is 52.9 Å². The summed E-state index contributed by atoms with van der Waals surface area (Å²) < 4.78 is 22.6. The topological polar surface area (TPSA) is 57.2 Å². The van der Waals surface area contributed by atoms with Gasteiger partial charge in [0.05, 0.1) is 26.4 Å². The fourth-order valence-corrected chi connectivity index (χ4v) is 3.66. The molecule has 0 bridgehead atoms. The molecular weight excluding hydrogens is 404 g/mol. The molecule has 0 amide bonds. The number of ether oxygens (including phenoxy) is 4. The monoisotopic (exact) mass is 444 g/mol. The second-order valence-electron chi connectivity index (χ2n) is 8.35. The van der Waals surface area contributed by atoms with E-state index in [1.54, 1.807) is 0 Å². The van der Waals surface area contributed by atoms with Crippen LogP contribution < -0.4 is 0 Å². The predicted octanol–water partition coefficient (Wildman–Crippen LogP) is 5.86. The van der Waals surface area contributed by atoms with E-state index >= 15 is 0 Å². The second kappa shape index (κ2) is 12.9. The van der Waals surface area contributed by atoms with Gasteiger partial charge in [0, 0.05) is 43.0 Å². The number of benzene rings is 2. The summed E-state index contributed by atoms with van der Waals surface area (Å²) in [5, 5.41) is 10.8. The summed E-state index contributed by atoms with van der Waals surface area (Å²) in [6, 6.07) is 10.7. The van der Waals surface area contributed by atoms with Crippen molar-refractivity contribution in [3.05, 3.63) is 63.7 Å². The largest absolute Gasteiger partial charge is 0.507 e. The number of hydrogen-bond donors (Lipinski definition) is 1. The van der Waals surface area contributed by atoms with Crippen LogP contribution in [0.25, 0.3) is 0 Å². The quantitative estimate of drug-likeness (QED) is 0.395. The Morgan fingerprint density at radius 3 is 1.38 bits per heavy atom. The molecular formula is C27H40O5. The fourth-order valence-electron chi connectivity index (χ4n) is 3.66. The molecule has 0 spiro atoms. The molecule has 0 aromatic heterocycles. The van der Waals surface area contributed by atoms with Gasteiger partial charge in [-0.05, 0) is 62.1 Å². The summed E-state index contributed by atoms with van der Waals surface area (Å²) in [6.45, 7) is 16.7. The highest BCUT2D eigenvalue weighted by Gasteiger charge is 2.26. The van der Waals surface area contributed by atoms with Crippen molar-refractivity contribution in [3.8, 4) is 5.75 Å². The van der Waals surface area contributed by atoms with Gasteiger partial charge in [-0.25, -0.2) is 0 Å². The molecule has 178 valence electrons. The van der Waals surface area contributed by atoms with Crippen LogP contribution in [-0.4, -0.2) is 31.5 Å². The van der Waals surface area contributed by atoms with Gasteiger partial charge in [-0.2, -0.15) is 0 Å².